The first-order valence-corrected chi connectivity index (χ1v) is 3.83. The lowest BCUT2D eigenvalue weighted by atomic mass is 10.3. The largest absolute Gasteiger partial charge is 0.396 e. The molecule has 13 heavy (non-hydrogen) atoms. The van der Waals surface area contributed by atoms with Crippen molar-refractivity contribution in [1.29, 1.82) is 0 Å². The highest BCUT2D eigenvalue weighted by Gasteiger charge is 1.93. The maximum absolute atomic E-state index is 11.0. The van der Waals surface area contributed by atoms with Gasteiger partial charge in [0.05, 0.1) is 5.56 Å². The predicted molar refractivity (Wildman–Crippen MR) is 48.4 cm³/mol. The zero-order valence-corrected chi connectivity index (χ0v) is 6.91. The molecule has 0 radical (unpaired) electrons. The summed E-state index contributed by atoms with van der Waals surface area (Å²) in [5, 5.41) is 8.46. The summed E-state index contributed by atoms with van der Waals surface area (Å²) < 4.78 is 0. The molecule has 0 aromatic carbocycles. The van der Waals surface area contributed by atoms with Gasteiger partial charge in [0.15, 0.2) is 0 Å². The zero-order valence-electron chi connectivity index (χ0n) is 6.91. The molecule has 0 atom stereocenters. The summed E-state index contributed by atoms with van der Waals surface area (Å²) in [6.07, 6.45) is 5.02. The van der Waals surface area contributed by atoms with Crippen LogP contribution in [-0.4, -0.2) is 21.7 Å². The molecule has 70 valence electrons. The molecule has 0 aliphatic heterocycles. The lowest BCUT2D eigenvalue weighted by Gasteiger charge is -1.89. The van der Waals surface area contributed by atoms with Gasteiger partial charge < -0.3 is 10.1 Å². The Morgan fingerprint density at radius 1 is 1.46 bits per heavy atom. The highest BCUT2D eigenvalue weighted by atomic mass is 16.2. The van der Waals surface area contributed by atoms with Crippen LogP contribution in [-0.2, 0) is 0 Å². The fourth-order valence-corrected chi connectivity index (χ4v) is 0.829. The first-order valence-electron chi connectivity index (χ1n) is 3.83. The minimum Gasteiger partial charge on any atom is -0.396 e. The van der Waals surface area contributed by atoms with Crippen LogP contribution in [0.5, 0.6) is 0 Å². The molecule has 1 aromatic rings. The van der Waals surface area contributed by atoms with Crippen LogP contribution in [0.15, 0.2) is 21.9 Å². The predicted octanol–water partition coefficient (Wildman–Crippen LogP) is -0.541. The van der Waals surface area contributed by atoms with Gasteiger partial charge in [-0.15, -0.1) is 0 Å². The number of H-pyrrole nitrogens is 2. The minimum absolute atomic E-state index is 0.0394. The number of hydrogen-bond acceptors (Lipinski definition) is 3. The molecule has 0 saturated heterocycles. The number of aliphatic hydroxyl groups excluding tert-OH is 1. The zero-order chi connectivity index (χ0) is 9.68. The molecule has 5 nitrogen and oxygen atoms in total. The Morgan fingerprint density at radius 2 is 2.23 bits per heavy atom. The molecule has 1 aromatic heterocycles. The van der Waals surface area contributed by atoms with Crippen LogP contribution in [0.2, 0.25) is 0 Å². The van der Waals surface area contributed by atoms with Gasteiger partial charge in [-0.25, -0.2) is 4.79 Å². The van der Waals surface area contributed by atoms with E-state index in [2.05, 4.69) is 9.97 Å². The lowest BCUT2D eigenvalue weighted by molar-refractivity contribution is 0.303. The lowest BCUT2D eigenvalue weighted by Crippen LogP contribution is -2.22. The fourth-order valence-electron chi connectivity index (χ4n) is 0.829. The first-order chi connectivity index (χ1) is 6.24. The Morgan fingerprint density at radius 3 is 2.85 bits per heavy atom. The van der Waals surface area contributed by atoms with Gasteiger partial charge in [-0.1, -0.05) is 12.2 Å². The quantitative estimate of drug-likeness (QED) is 0.586. The molecule has 0 saturated carbocycles. The number of rotatable bonds is 3. The molecule has 3 N–H and O–H groups in total. The summed E-state index contributed by atoms with van der Waals surface area (Å²) >= 11 is 0. The topological polar surface area (TPSA) is 85.9 Å². The smallest absolute Gasteiger partial charge is 0.325 e. The third-order valence-electron chi connectivity index (χ3n) is 1.44. The van der Waals surface area contributed by atoms with Gasteiger partial charge in [0, 0.05) is 12.8 Å². The molecule has 0 amide bonds. The highest BCUT2D eigenvalue weighted by Crippen LogP contribution is 1.91. The molecule has 1 heterocycles. The average molecular weight is 182 g/mol. The van der Waals surface area contributed by atoms with Gasteiger partial charge in [0.25, 0.3) is 5.56 Å². The standard InChI is InChI=1S/C8H10N2O3/c11-4-2-1-3-6-5-9-8(13)10-7(6)12/h1,3,5,11H,2,4H2,(H2,9,10,12,13)/b3-1-. The molecule has 0 bridgehead atoms. The normalized spacial score (nSPS) is 10.8. The highest BCUT2D eigenvalue weighted by molar-refractivity contribution is 5.45. The van der Waals surface area contributed by atoms with E-state index in [9.17, 15) is 9.59 Å². The van der Waals surface area contributed by atoms with Gasteiger partial charge in [0.1, 0.15) is 0 Å². The maximum Gasteiger partial charge on any atom is 0.325 e. The van der Waals surface area contributed by atoms with Crippen LogP contribution in [0, 0.1) is 0 Å². The van der Waals surface area contributed by atoms with Gasteiger partial charge >= 0.3 is 5.69 Å². The van der Waals surface area contributed by atoms with Gasteiger partial charge in [0.2, 0.25) is 0 Å². The fraction of sp³-hybridized carbons (Fsp3) is 0.250. The monoisotopic (exact) mass is 182 g/mol. The second kappa shape index (κ2) is 4.42. The van der Waals surface area contributed by atoms with Crippen molar-refractivity contribution in [2.75, 3.05) is 6.61 Å². The van der Waals surface area contributed by atoms with Crippen LogP contribution in [0.3, 0.4) is 0 Å². The Bertz CT molecular complexity index is 402. The average Bonchev–Trinajstić information content (AvgIpc) is 2.09. The second-order valence-corrected chi connectivity index (χ2v) is 2.44. The van der Waals surface area contributed by atoms with Crippen molar-refractivity contribution in [2.24, 2.45) is 0 Å². The van der Waals surface area contributed by atoms with Crippen LogP contribution in [0.4, 0.5) is 0 Å². The van der Waals surface area contributed by atoms with Crippen molar-refractivity contribution < 1.29 is 5.11 Å². The van der Waals surface area contributed by atoms with E-state index in [0.29, 0.717) is 12.0 Å². The van der Waals surface area contributed by atoms with Crippen molar-refractivity contribution in [1.82, 2.24) is 9.97 Å². The van der Waals surface area contributed by atoms with Crippen molar-refractivity contribution in [2.45, 2.75) is 6.42 Å². The van der Waals surface area contributed by atoms with Crippen molar-refractivity contribution in [3.8, 4) is 0 Å². The third kappa shape index (κ3) is 2.72. The van der Waals surface area contributed by atoms with Crippen LogP contribution < -0.4 is 11.2 Å². The van der Waals surface area contributed by atoms with Crippen LogP contribution in [0.25, 0.3) is 6.08 Å². The Balaban J connectivity index is 2.90. The van der Waals surface area contributed by atoms with E-state index in [4.69, 9.17) is 5.11 Å². The number of aromatic nitrogens is 2. The molecule has 0 spiro atoms. The number of hydrogen-bond donors (Lipinski definition) is 3. The Hall–Kier alpha value is -1.62. The van der Waals surface area contributed by atoms with E-state index in [1.165, 1.54) is 6.20 Å². The maximum atomic E-state index is 11.0. The number of aromatic amines is 2. The summed E-state index contributed by atoms with van der Waals surface area (Å²) in [5.74, 6) is 0. The van der Waals surface area contributed by atoms with Gasteiger partial charge in [-0.05, 0) is 6.42 Å². The summed E-state index contributed by atoms with van der Waals surface area (Å²) in [7, 11) is 0. The number of aliphatic hydroxyl groups is 1. The van der Waals surface area contributed by atoms with Crippen molar-refractivity contribution >= 4 is 6.08 Å². The minimum atomic E-state index is -0.524. The molecule has 1 rings (SSSR count). The van der Waals surface area contributed by atoms with E-state index in [1.807, 2.05) is 0 Å². The van der Waals surface area contributed by atoms with E-state index >= 15 is 0 Å². The summed E-state index contributed by atoms with van der Waals surface area (Å²) in [6.45, 7) is 0.0394. The Kier molecular flexibility index (Phi) is 3.22. The first kappa shape index (κ1) is 9.47. The molecule has 5 heteroatoms. The molecular weight excluding hydrogens is 172 g/mol. The third-order valence-corrected chi connectivity index (χ3v) is 1.44. The van der Waals surface area contributed by atoms with E-state index in [1.54, 1.807) is 12.2 Å². The van der Waals surface area contributed by atoms with E-state index in [-0.39, 0.29) is 6.61 Å². The molecule has 0 aliphatic carbocycles. The summed E-state index contributed by atoms with van der Waals surface area (Å²) in [6, 6.07) is 0. The van der Waals surface area contributed by atoms with Crippen molar-refractivity contribution in [3.05, 3.63) is 38.7 Å². The summed E-state index contributed by atoms with van der Waals surface area (Å²) in [4.78, 5) is 26.1. The summed E-state index contributed by atoms with van der Waals surface area (Å²) in [5.41, 5.74) is -0.588. The van der Waals surface area contributed by atoms with Crippen LogP contribution in [0.1, 0.15) is 12.0 Å². The van der Waals surface area contributed by atoms with Crippen molar-refractivity contribution in [3.63, 3.8) is 0 Å². The SMILES string of the molecule is O=c1[nH]cc(/C=C\CCO)c(=O)[nH]1. The van der Waals surface area contributed by atoms with E-state index in [0.717, 1.165) is 0 Å². The molecule has 0 unspecified atom stereocenters. The Labute approximate surface area is 73.8 Å². The van der Waals surface area contributed by atoms with E-state index < -0.39 is 11.2 Å². The number of nitrogens with one attached hydrogen (secondary N) is 2. The van der Waals surface area contributed by atoms with Gasteiger partial charge in [-0.2, -0.15) is 0 Å². The second-order valence-electron chi connectivity index (χ2n) is 2.44. The van der Waals surface area contributed by atoms with Crippen LogP contribution >= 0.6 is 0 Å². The molecule has 0 aliphatic rings. The van der Waals surface area contributed by atoms with Gasteiger partial charge in [-0.3, -0.25) is 9.78 Å². The molecule has 0 fully saturated rings. The molecular formula is C8H10N2O3.